The first-order valence-electron chi connectivity index (χ1n) is 10.7. The molecule has 0 spiro atoms. The van der Waals surface area contributed by atoms with Gasteiger partial charge in [0.25, 0.3) is 15.9 Å². The smallest absolute Gasteiger partial charge is 0.261 e. The first-order valence-corrected chi connectivity index (χ1v) is 12.2. The highest BCUT2D eigenvalue weighted by Crippen LogP contribution is 2.21. The zero-order chi connectivity index (χ0) is 23.8. The molecule has 1 unspecified atom stereocenters. The van der Waals surface area contributed by atoms with E-state index in [4.69, 9.17) is 9.47 Å². The summed E-state index contributed by atoms with van der Waals surface area (Å²) in [5.74, 6) is 1.07. The van der Waals surface area contributed by atoms with Crippen molar-refractivity contribution in [2.45, 2.75) is 38.2 Å². The predicted molar refractivity (Wildman–Crippen MR) is 130 cm³/mol. The van der Waals surface area contributed by atoms with Crippen LogP contribution >= 0.6 is 0 Å². The molecule has 174 valence electrons. The van der Waals surface area contributed by atoms with E-state index in [1.54, 1.807) is 60.7 Å². The molecule has 3 rings (SSSR count). The van der Waals surface area contributed by atoms with Crippen LogP contribution in [0.1, 0.15) is 37.6 Å². The van der Waals surface area contributed by atoms with Crippen LogP contribution in [0.4, 0.5) is 11.4 Å². The van der Waals surface area contributed by atoms with Crippen LogP contribution in [-0.2, 0) is 10.0 Å². The number of carbonyl (C=O) groups is 1. The van der Waals surface area contributed by atoms with Crippen molar-refractivity contribution in [2.75, 3.05) is 16.6 Å². The van der Waals surface area contributed by atoms with Gasteiger partial charge in [0.05, 0.1) is 17.6 Å². The van der Waals surface area contributed by atoms with Gasteiger partial charge in [0, 0.05) is 16.9 Å². The highest BCUT2D eigenvalue weighted by Gasteiger charge is 2.15. The largest absolute Gasteiger partial charge is 0.494 e. The van der Waals surface area contributed by atoms with Crippen molar-refractivity contribution in [2.24, 2.45) is 0 Å². The van der Waals surface area contributed by atoms with Crippen molar-refractivity contribution >= 4 is 27.3 Å². The fraction of sp³-hybridized carbons (Fsp3) is 0.240. The average molecular weight is 469 g/mol. The number of carbonyl (C=O) groups excluding carboxylic acids is 1. The van der Waals surface area contributed by atoms with Crippen LogP contribution in [0.5, 0.6) is 11.5 Å². The normalized spacial score (nSPS) is 12.0. The zero-order valence-electron chi connectivity index (χ0n) is 18.9. The molecule has 33 heavy (non-hydrogen) atoms. The van der Waals surface area contributed by atoms with Crippen LogP contribution in [0, 0.1) is 0 Å². The van der Waals surface area contributed by atoms with Gasteiger partial charge >= 0.3 is 0 Å². The monoisotopic (exact) mass is 468 g/mol. The minimum atomic E-state index is -3.77. The van der Waals surface area contributed by atoms with Gasteiger partial charge in [-0.2, -0.15) is 0 Å². The quantitative estimate of drug-likeness (QED) is 0.420. The molecule has 0 aliphatic rings. The Morgan fingerprint density at radius 1 is 0.848 bits per heavy atom. The van der Waals surface area contributed by atoms with E-state index < -0.39 is 10.0 Å². The van der Waals surface area contributed by atoms with Crippen molar-refractivity contribution in [1.82, 2.24) is 0 Å². The highest BCUT2D eigenvalue weighted by molar-refractivity contribution is 7.92. The van der Waals surface area contributed by atoms with Crippen molar-refractivity contribution in [3.63, 3.8) is 0 Å². The summed E-state index contributed by atoms with van der Waals surface area (Å²) in [6, 6.07) is 19.5. The lowest BCUT2D eigenvalue weighted by Gasteiger charge is -2.13. The van der Waals surface area contributed by atoms with Gasteiger partial charge in [-0.05, 0) is 93.1 Å². The first-order chi connectivity index (χ1) is 15.8. The van der Waals surface area contributed by atoms with Crippen LogP contribution in [-0.4, -0.2) is 27.0 Å². The maximum atomic E-state index is 12.7. The standard InChI is InChI=1S/C25H28N2O5S/c1-4-18(3)32-23-12-6-19(7-13-23)25(28)26-20-10-16-24(17-11-20)33(29,30)27-21-8-14-22(15-9-21)31-5-2/h6-18,27H,4-5H2,1-3H3,(H,26,28). The van der Waals surface area contributed by atoms with E-state index in [1.165, 1.54) is 12.1 Å². The molecule has 0 aliphatic heterocycles. The van der Waals surface area contributed by atoms with Crippen LogP contribution in [0.15, 0.2) is 77.7 Å². The van der Waals surface area contributed by atoms with E-state index in [2.05, 4.69) is 10.0 Å². The second-order valence-corrected chi connectivity index (χ2v) is 9.08. The summed E-state index contributed by atoms with van der Waals surface area (Å²) in [6.07, 6.45) is 0.993. The second-order valence-electron chi connectivity index (χ2n) is 7.40. The molecule has 1 amide bonds. The van der Waals surface area contributed by atoms with Crippen molar-refractivity contribution < 1.29 is 22.7 Å². The third-order valence-electron chi connectivity index (χ3n) is 4.87. The summed E-state index contributed by atoms with van der Waals surface area (Å²) >= 11 is 0. The number of sulfonamides is 1. The Balaban J connectivity index is 1.62. The van der Waals surface area contributed by atoms with Gasteiger partial charge in [0.2, 0.25) is 0 Å². The van der Waals surface area contributed by atoms with Crippen LogP contribution < -0.4 is 19.5 Å². The van der Waals surface area contributed by atoms with Gasteiger partial charge in [0.15, 0.2) is 0 Å². The summed E-state index contributed by atoms with van der Waals surface area (Å²) in [4.78, 5) is 12.6. The molecular weight excluding hydrogens is 440 g/mol. The highest BCUT2D eigenvalue weighted by atomic mass is 32.2. The minimum absolute atomic E-state index is 0.0842. The van der Waals surface area contributed by atoms with Crippen LogP contribution in [0.25, 0.3) is 0 Å². The number of ether oxygens (including phenoxy) is 2. The van der Waals surface area contributed by atoms with E-state index in [0.29, 0.717) is 35.0 Å². The molecule has 7 nitrogen and oxygen atoms in total. The van der Waals surface area contributed by atoms with Crippen molar-refractivity contribution in [3.05, 3.63) is 78.4 Å². The maximum Gasteiger partial charge on any atom is 0.261 e. The van der Waals surface area contributed by atoms with Gasteiger partial charge < -0.3 is 14.8 Å². The van der Waals surface area contributed by atoms with E-state index in [-0.39, 0.29) is 16.9 Å². The molecule has 0 heterocycles. The summed E-state index contributed by atoms with van der Waals surface area (Å²) in [6.45, 7) is 6.44. The first kappa shape index (κ1) is 24.1. The number of hydrogen-bond donors (Lipinski definition) is 2. The van der Waals surface area contributed by atoms with Crippen molar-refractivity contribution in [1.29, 1.82) is 0 Å². The summed E-state index contributed by atoms with van der Waals surface area (Å²) in [5, 5.41) is 2.77. The molecule has 0 radical (unpaired) electrons. The summed E-state index contributed by atoms with van der Waals surface area (Å²) < 4.78 is 38.9. The number of rotatable bonds is 10. The van der Waals surface area contributed by atoms with Gasteiger partial charge in [-0.3, -0.25) is 9.52 Å². The third kappa shape index (κ3) is 6.73. The molecule has 0 saturated carbocycles. The molecule has 0 aliphatic carbocycles. The number of nitrogens with one attached hydrogen (secondary N) is 2. The fourth-order valence-electron chi connectivity index (χ4n) is 2.92. The number of amides is 1. The Morgan fingerprint density at radius 3 is 2.00 bits per heavy atom. The van der Waals surface area contributed by atoms with E-state index in [1.807, 2.05) is 20.8 Å². The Labute approximate surface area is 194 Å². The lowest BCUT2D eigenvalue weighted by atomic mass is 10.2. The summed E-state index contributed by atoms with van der Waals surface area (Å²) in [5.41, 5.74) is 1.39. The topological polar surface area (TPSA) is 93.7 Å². The number of anilines is 2. The van der Waals surface area contributed by atoms with E-state index >= 15 is 0 Å². The maximum absolute atomic E-state index is 12.7. The molecule has 3 aromatic carbocycles. The molecule has 8 heteroatoms. The van der Waals surface area contributed by atoms with Gasteiger partial charge in [-0.15, -0.1) is 0 Å². The molecule has 0 aromatic heterocycles. The lowest BCUT2D eigenvalue weighted by molar-refractivity contribution is 0.102. The Kier molecular flexibility index (Phi) is 7.95. The fourth-order valence-corrected chi connectivity index (χ4v) is 3.98. The Bertz CT molecular complexity index is 1160. The molecule has 1 atom stereocenters. The average Bonchev–Trinajstić information content (AvgIpc) is 2.81. The van der Waals surface area contributed by atoms with Crippen molar-refractivity contribution in [3.8, 4) is 11.5 Å². The van der Waals surface area contributed by atoms with Crippen LogP contribution in [0.3, 0.4) is 0 Å². The second kappa shape index (κ2) is 10.9. The molecule has 2 N–H and O–H groups in total. The lowest BCUT2D eigenvalue weighted by Crippen LogP contribution is -2.14. The molecular formula is C25H28N2O5S. The molecule has 0 saturated heterocycles. The predicted octanol–water partition coefficient (Wildman–Crippen LogP) is 5.32. The molecule has 0 fully saturated rings. The molecule has 0 bridgehead atoms. The zero-order valence-corrected chi connectivity index (χ0v) is 19.7. The Hall–Kier alpha value is -3.52. The van der Waals surface area contributed by atoms with E-state index in [9.17, 15) is 13.2 Å². The third-order valence-corrected chi connectivity index (χ3v) is 6.27. The molecule has 3 aromatic rings. The van der Waals surface area contributed by atoms with Gasteiger partial charge in [0.1, 0.15) is 11.5 Å². The number of benzene rings is 3. The summed E-state index contributed by atoms with van der Waals surface area (Å²) in [7, 11) is -3.77. The Morgan fingerprint density at radius 2 is 1.42 bits per heavy atom. The van der Waals surface area contributed by atoms with Crippen LogP contribution in [0.2, 0.25) is 0 Å². The minimum Gasteiger partial charge on any atom is -0.494 e. The van der Waals surface area contributed by atoms with Gasteiger partial charge in [-0.1, -0.05) is 6.92 Å². The number of hydrogen-bond acceptors (Lipinski definition) is 5. The van der Waals surface area contributed by atoms with E-state index in [0.717, 1.165) is 6.42 Å². The SMILES string of the molecule is CCOc1ccc(NS(=O)(=O)c2ccc(NC(=O)c3ccc(OC(C)CC)cc3)cc2)cc1. The van der Waals surface area contributed by atoms with Gasteiger partial charge in [-0.25, -0.2) is 8.42 Å².